The Morgan fingerprint density at radius 3 is 2.43 bits per heavy atom. The highest BCUT2D eigenvalue weighted by Gasteiger charge is 2.09. The number of likely N-dealkylation sites (N-methyl/N-ethyl adjacent to an activating group) is 1. The van der Waals surface area contributed by atoms with Crippen molar-refractivity contribution < 1.29 is 9.18 Å². The van der Waals surface area contributed by atoms with Gasteiger partial charge in [-0.05, 0) is 55.9 Å². The number of benzene rings is 2. The minimum atomic E-state index is -0.273. The SMILES string of the molecule is CN(C)CCc1ccc(CNC(=O)Cc2csc(-c3ccc(F)cc3)n2)cc1. The van der Waals surface area contributed by atoms with Gasteiger partial charge in [0, 0.05) is 24.0 Å². The van der Waals surface area contributed by atoms with Gasteiger partial charge in [-0.1, -0.05) is 24.3 Å². The molecule has 0 atom stereocenters. The molecular formula is C22H24FN3OS. The van der Waals surface area contributed by atoms with E-state index in [0.717, 1.165) is 34.8 Å². The van der Waals surface area contributed by atoms with E-state index < -0.39 is 0 Å². The van der Waals surface area contributed by atoms with E-state index in [1.54, 1.807) is 12.1 Å². The Morgan fingerprint density at radius 1 is 1.07 bits per heavy atom. The number of hydrogen-bond donors (Lipinski definition) is 1. The number of amides is 1. The Morgan fingerprint density at radius 2 is 1.75 bits per heavy atom. The first kappa shape index (κ1) is 20.2. The third kappa shape index (κ3) is 5.97. The molecule has 6 heteroatoms. The van der Waals surface area contributed by atoms with Gasteiger partial charge in [-0.25, -0.2) is 9.37 Å². The Balaban J connectivity index is 1.49. The zero-order valence-corrected chi connectivity index (χ0v) is 16.9. The molecule has 3 aromatic rings. The fourth-order valence-corrected chi connectivity index (χ4v) is 3.54. The number of thiazole rings is 1. The molecule has 0 aliphatic carbocycles. The molecule has 0 aliphatic rings. The fourth-order valence-electron chi connectivity index (χ4n) is 2.72. The second-order valence-corrected chi connectivity index (χ2v) is 7.83. The maximum absolute atomic E-state index is 13.0. The van der Waals surface area contributed by atoms with E-state index in [9.17, 15) is 9.18 Å². The number of rotatable bonds is 8. The van der Waals surface area contributed by atoms with Crippen LogP contribution in [0.25, 0.3) is 10.6 Å². The summed E-state index contributed by atoms with van der Waals surface area (Å²) in [5, 5.41) is 5.60. The van der Waals surface area contributed by atoms with E-state index in [0.29, 0.717) is 6.54 Å². The van der Waals surface area contributed by atoms with Gasteiger partial charge >= 0.3 is 0 Å². The van der Waals surface area contributed by atoms with Crippen LogP contribution in [-0.4, -0.2) is 36.4 Å². The number of aromatic nitrogens is 1. The third-order valence-corrected chi connectivity index (χ3v) is 5.29. The average molecular weight is 398 g/mol. The minimum Gasteiger partial charge on any atom is -0.352 e. The summed E-state index contributed by atoms with van der Waals surface area (Å²) >= 11 is 1.46. The lowest BCUT2D eigenvalue weighted by Gasteiger charge is -2.10. The molecule has 0 aliphatic heterocycles. The Hall–Kier alpha value is -2.57. The van der Waals surface area contributed by atoms with Crippen molar-refractivity contribution in [1.29, 1.82) is 0 Å². The number of carbonyl (C=O) groups excluding carboxylic acids is 1. The normalized spacial score (nSPS) is 11.0. The van der Waals surface area contributed by atoms with Crippen LogP contribution in [0.15, 0.2) is 53.9 Å². The first-order chi connectivity index (χ1) is 13.5. The fraction of sp³-hybridized carbons (Fsp3) is 0.273. The summed E-state index contributed by atoms with van der Waals surface area (Å²) in [4.78, 5) is 18.9. The molecule has 2 aromatic carbocycles. The van der Waals surface area contributed by atoms with Gasteiger partial charge in [0.05, 0.1) is 12.1 Å². The second kappa shape index (κ2) is 9.57. The van der Waals surface area contributed by atoms with Crippen LogP contribution in [0.2, 0.25) is 0 Å². The van der Waals surface area contributed by atoms with Crippen molar-refractivity contribution in [2.45, 2.75) is 19.4 Å². The van der Waals surface area contributed by atoms with Crippen molar-refractivity contribution in [2.75, 3.05) is 20.6 Å². The summed E-state index contributed by atoms with van der Waals surface area (Å²) in [5.74, 6) is -0.335. The van der Waals surface area contributed by atoms with Crippen LogP contribution in [0.4, 0.5) is 4.39 Å². The highest BCUT2D eigenvalue weighted by Crippen LogP contribution is 2.24. The van der Waals surface area contributed by atoms with Crippen LogP contribution in [0.5, 0.6) is 0 Å². The lowest BCUT2D eigenvalue weighted by molar-refractivity contribution is -0.120. The van der Waals surface area contributed by atoms with Crippen molar-refractivity contribution in [2.24, 2.45) is 0 Å². The topological polar surface area (TPSA) is 45.2 Å². The number of carbonyl (C=O) groups is 1. The molecule has 1 amide bonds. The van der Waals surface area contributed by atoms with E-state index in [2.05, 4.69) is 53.6 Å². The molecule has 1 N–H and O–H groups in total. The Bertz CT molecular complexity index is 904. The van der Waals surface area contributed by atoms with Crippen LogP contribution in [-0.2, 0) is 24.2 Å². The van der Waals surface area contributed by atoms with E-state index in [-0.39, 0.29) is 18.1 Å². The number of nitrogens with zero attached hydrogens (tertiary/aromatic N) is 2. The molecule has 0 bridgehead atoms. The highest BCUT2D eigenvalue weighted by atomic mass is 32.1. The van der Waals surface area contributed by atoms with Crippen LogP contribution >= 0.6 is 11.3 Å². The minimum absolute atomic E-state index is 0.0624. The van der Waals surface area contributed by atoms with Crippen LogP contribution in [0.3, 0.4) is 0 Å². The van der Waals surface area contributed by atoms with E-state index in [4.69, 9.17) is 0 Å². The van der Waals surface area contributed by atoms with Gasteiger partial charge in [-0.3, -0.25) is 4.79 Å². The van der Waals surface area contributed by atoms with Crippen LogP contribution in [0, 0.1) is 5.82 Å². The molecule has 0 fully saturated rings. The van der Waals surface area contributed by atoms with Gasteiger partial charge in [0.15, 0.2) is 0 Å². The predicted molar refractivity (Wildman–Crippen MR) is 112 cm³/mol. The number of halogens is 1. The molecule has 1 heterocycles. The first-order valence-corrected chi connectivity index (χ1v) is 10.1. The lowest BCUT2D eigenvalue weighted by atomic mass is 10.1. The Labute approximate surface area is 169 Å². The van der Waals surface area contributed by atoms with Gasteiger partial charge in [0.1, 0.15) is 10.8 Å². The first-order valence-electron chi connectivity index (χ1n) is 9.19. The maximum Gasteiger partial charge on any atom is 0.226 e. The molecule has 0 radical (unpaired) electrons. The van der Waals surface area contributed by atoms with Crippen molar-refractivity contribution in [1.82, 2.24) is 15.2 Å². The average Bonchev–Trinajstić information content (AvgIpc) is 3.14. The molecular weight excluding hydrogens is 373 g/mol. The largest absolute Gasteiger partial charge is 0.352 e. The summed E-state index contributed by atoms with van der Waals surface area (Å²) in [6.07, 6.45) is 1.25. The van der Waals surface area contributed by atoms with Crippen molar-refractivity contribution >= 4 is 17.2 Å². The van der Waals surface area contributed by atoms with Gasteiger partial charge in [-0.15, -0.1) is 11.3 Å². The van der Waals surface area contributed by atoms with Crippen LogP contribution in [0.1, 0.15) is 16.8 Å². The molecule has 1 aromatic heterocycles. The summed E-state index contributed by atoms with van der Waals surface area (Å²) in [6, 6.07) is 14.5. The second-order valence-electron chi connectivity index (χ2n) is 6.97. The van der Waals surface area contributed by atoms with E-state index in [1.807, 2.05) is 5.38 Å². The monoisotopic (exact) mass is 397 g/mol. The summed E-state index contributed by atoms with van der Waals surface area (Å²) in [6.45, 7) is 1.52. The molecule has 0 saturated heterocycles. The van der Waals surface area contributed by atoms with Crippen molar-refractivity contribution in [3.63, 3.8) is 0 Å². The number of hydrogen-bond acceptors (Lipinski definition) is 4. The third-order valence-electron chi connectivity index (χ3n) is 4.34. The molecule has 0 spiro atoms. The van der Waals surface area contributed by atoms with Gasteiger partial charge in [0.25, 0.3) is 0 Å². The molecule has 146 valence electrons. The number of nitrogens with one attached hydrogen (secondary N) is 1. The quantitative estimate of drug-likeness (QED) is 0.627. The van der Waals surface area contributed by atoms with Gasteiger partial charge < -0.3 is 10.2 Å². The van der Waals surface area contributed by atoms with E-state index >= 15 is 0 Å². The molecule has 3 rings (SSSR count). The zero-order valence-electron chi connectivity index (χ0n) is 16.1. The standard InChI is InChI=1S/C22H24FN3OS/c1-26(2)12-11-16-3-5-17(6-4-16)14-24-21(27)13-20-15-28-22(25-20)18-7-9-19(23)10-8-18/h3-10,15H,11-14H2,1-2H3,(H,24,27). The Kier molecular flexibility index (Phi) is 6.90. The summed E-state index contributed by atoms with van der Waals surface area (Å²) in [7, 11) is 4.13. The highest BCUT2D eigenvalue weighted by molar-refractivity contribution is 7.13. The molecule has 0 unspecified atom stereocenters. The van der Waals surface area contributed by atoms with E-state index in [1.165, 1.54) is 29.0 Å². The smallest absolute Gasteiger partial charge is 0.226 e. The summed E-state index contributed by atoms with van der Waals surface area (Å²) < 4.78 is 13.0. The van der Waals surface area contributed by atoms with Gasteiger partial charge in [0.2, 0.25) is 5.91 Å². The summed E-state index contributed by atoms with van der Waals surface area (Å²) in [5.41, 5.74) is 3.94. The predicted octanol–water partition coefficient (Wildman–Crippen LogP) is 3.91. The van der Waals surface area contributed by atoms with Crippen molar-refractivity contribution in [3.05, 3.63) is 76.5 Å². The molecule has 4 nitrogen and oxygen atoms in total. The maximum atomic E-state index is 13.0. The van der Waals surface area contributed by atoms with Gasteiger partial charge in [-0.2, -0.15) is 0 Å². The molecule has 0 saturated carbocycles. The zero-order chi connectivity index (χ0) is 19.9. The lowest BCUT2D eigenvalue weighted by Crippen LogP contribution is -2.24. The van der Waals surface area contributed by atoms with Crippen molar-refractivity contribution in [3.8, 4) is 10.6 Å². The molecule has 28 heavy (non-hydrogen) atoms. The van der Waals surface area contributed by atoms with Crippen LogP contribution < -0.4 is 5.32 Å².